The number of esters is 1. The number of hydrogen-bond acceptors (Lipinski definition) is 3. The largest absolute Gasteiger partial charge is 0.459 e. The molecular formula is C9H13NO3. The van der Waals surface area contributed by atoms with Crippen molar-refractivity contribution in [3.63, 3.8) is 0 Å². The monoisotopic (exact) mass is 183 g/mol. The van der Waals surface area contributed by atoms with Gasteiger partial charge in [-0.25, -0.2) is 4.79 Å². The van der Waals surface area contributed by atoms with Gasteiger partial charge < -0.3 is 4.74 Å². The van der Waals surface area contributed by atoms with Crippen LogP contribution in [0.3, 0.4) is 0 Å². The fraction of sp³-hybridized carbons (Fsp3) is 0.556. The number of rotatable bonds is 0. The van der Waals surface area contributed by atoms with Gasteiger partial charge in [0.2, 0.25) is 5.91 Å². The third kappa shape index (κ3) is 1.56. The predicted octanol–water partition coefficient (Wildman–Crippen LogP) is 0.684. The Kier molecular flexibility index (Phi) is 2.15. The lowest BCUT2D eigenvalue weighted by molar-refractivity contribution is -0.159. The van der Waals surface area contributed by atoms with Crippen LogP contribution in [0.4, 0.5) is 0 Å². The fourth-order valence-corrected chi connectivity index (χ4v) is 1.46. The van der Waals surface area contributed by atoms with Gasteiger partial charge in [0.1, 0.15) is 12.3 Å². The van der Waals surface area contributed by atoms with Gasteiger partial charge in [-0.3, -0.25) is 9.69 Å². The van der Waals surface area contributed by atoms with Crippen molar-refractivity contribution >= 4 is 11.9 Å². The summed E-state index contributed by atoms with van der Waals surface area (Å²) in [5.74, 6) is -0.707. The number of nitrogens with zero attached hydrogens (tertiary/aromatic N) is 1. The van der Waals surface area contributed by atoms with E-state index in [1.807, 2.05) is 13.8 Å². The van der Waals surface area contributed by atoms with Crippen LogP contribution in [0, 0.1) is 0 Å². The van der Waals surface area contributed by atoms with Gasteiger partial charge in [-0.2, -0.15) is 0 Å². The Bertz CT molecular complexity index is 281. The summed E-state index contributed by atoms with van der Waals surface area (Å²) >= 11 is 0. The van der Waals surface area contributed by atoms with Crippen LogP contribution >= 0.6 is 0 Å². The second-order valence-corrected chi connectivity index (χ2v) is 3.69. The highest BCUT2D eigenvalue weighted by Gasteiger charge is 2.39. The standard InChI is InChI=1S/C9H13NO3/c1-6-8(12)13-5-9(3,4)10(6)7(2)11/h1,5H2,2-4H3. The highest BCUT2D eigenvalue weighted by Crippen LogP contribution is 2.25. The van der Waals surface area contributed by atoms with E-state index in [-0.39, 0.29) is 18.2 Å². The summed E-state index contributed by atoms with van der Waals surface area (Å²) in [5.41, 5.74) is -0.375. The first-order valence-corrected chi connectivity index (χ1v) is 4.03. The average Bonchev–Trinajstić information content (AvgIpc) is 1.96. The molecule has 0 radical (unpaired) electrons. The summed E-state index contributed by atoms with van der Waals surface area (Å²) in [7, 11) is 0. The SMILES string of the molecule is C=C1C(=O)OCC(C)(C)N1C(C)=O. The number of amides is 1. The van der Waals surface area contributed by atoms with Gasteiger partial charge >= 0.3 is 5.97 Å². The molecule has 0 bridgehead atoms. The Morgan fingerprint density at radius 2 is 2.15 bits per heavy atom. The first-order chi connectivity index (χ1) is 5.86. The predicted molar refractivity (Wildman–Crippen MR) is 46.7 cm³/mol. The summed E-state index contributed by atoms with van der Waals surface area (Å²) in [6, 6.07) is 0. The topological polar surface area (TPSA) is 46.6 Å². The highest BCUT2D eigenvalue weighted by atomic mass is 16.5. The molecule has 0 aromatic rings. The molecule has 13 heavy (non-hydrogen) atoms. The number of morpholine rings is 1. The molecule has 4 nitrogen and oxygen atoms in total. The molecule has 0 spiro atoms. The lowest BCUT2D eigenvalue weighted by atomic mass is 10.0. The Labute approximate surface area is 77.2 Å². The Balaban J connectivity index is 3.02. The normalized spacial score (nSPS) is 21.3. The Morgan fingerprint density at radius 3 is 2.54 bits per heavy atom. The van der Waals surface area contributed by atoms with Crippen LogP contribution in [0.15, 0.2) is 12.3 Å². The number of carbonyl (C=O) groups is 2. The molecule has 0 unspecified atom stereocenters. The first kappa shape index (κ1) is 9.77. The number of hydrogen-bond donors (Lipinski definition) is 0. The molecule has 1 aliphatic rings. The van der Waals surface area contributed by atoms with Gasteiger partial charge in [-0.15, -0.1) is 0 Å². The smallest absolute Gasteiger partial charge is 0.354 e. The molecule has 1 rings (SSSR count). The van der Waals surface area contributed by atoms with Crippen molar-refractivity contribution in [1.29, 1.82) is 0 Å². The third-order valence-corrected chi connectivity index (χ3v) is 1.98. The van der Waals surface area contributed by atoms with E-state index in [9.17, 15) is 9.59 Å². The molecule has 0 aliphatic carbocycles. The molecule has 4 heteroatoms. The maximum Gasteiger partial charge on any atom is 0.354 e. The van der Waals surface area contributed by atoms with Crippen molar-refractivity contribution in [2.24, 2.45) is 0 Å². The summed E-state index contributed by atoms with van der Waals surface area (Å²) in [6.07, 6.45) is 0. The van der Waals surface area contributed by atoms with Crippen LogP contribution in [-0.2, 0) is 14.3 Å². The molecule has 0 N–H and O–H groups in total. The minimum Gasteiger partial charge on any atom is -0.459 e. The third-order valence-electron chi connectivity index (χ3n) is 1.98. The molecule has 1 aliphatic heterocycles. The van der Waals surface area contributed by atoms with E-state index in [4.69, 9.17) is 4.74 Å². The zero-order chi connectivity index (χ0) is 10.2. The van der Waals surface area contributed by atoms with Crippen molar-refractivity contribution in [2.75, 3.05) is 6.61 Å². The number of ether oxygens (including phenoxy) is 1. The van der Waals surface area contributed by atoms with Crippen molar-refractivity contribution in [1.82, 2.24) is 4.90 Å². The molecule has 1 amide bonds. The number of carbonyl (C=O) groups excluding carboxylic acids is 2. The molecule has 72 valence electrons. The van der Waals surface area contributed by atoms with E-state index in [0.29, 0.717) is 0 Å². The second kappa shape index (κ2) is 2.87. The van der Waals surface area contributed by atoms with Crippen LogP contribution in [0.25, 0.3) is 0 Å². The van der Waals surface area contributed by atoms with Gasteiger partial charge in [-0.1, -0.05) is 6.58 Å². The minimum atomic E-state index is -0.519. The van der Waals surface area contributed by atoms with E-state index in [1.165, 1.54) is 11.8 Å². The van der Waals surface area contributed by atoms with E-state index < -0.39 is 11.5 Å². The Hall–Kier alpha value is -1.32. The molecule has 1 fully saturated rings. The van der Waals surface area contributed by atoms with Crippen molar-refractivity contribution in [2.45, 2.75) is 26.3 Å². The van der Waals surface area contributed by atoms with Crippen LogP contribution < -0.4 is 0 Å². The maximum absolute atomic E-state index is 11.2. The zero-order valence-corrected chi connectivity index (χ0v) is 8.09. The van der Waals surface area contributed by atoms with Gasteiger partial charge in [0.25, 0.3) is 0 Å². The van der Waals surface area contributed by atoms with Crippen molar-refractivity contribution < 1.29 is 14.3 Å². The molecule has 1 heterocycles. The van der Waals surface area contributed by atoms with Gasteiger partial charge in [0, 0.05) is 6.92 Å². The maximum atomic E-state index is 11.2. The molecule has 0 aromatic heterocycles. The molecule has 1 saturated heterocycles. The van der Waals surface area contributed by atoms with Crippen LogP contribution in [0.1, 0.15) is 20.8 Å². The number of cyclic esters (lactones) is 1. The van der Waals surface area contributed by atoms with E-state index >= 15 is 0 Å². The van der Waals surface area contributed by atoms with E-state index in [2.05, 4.69) is 6.58 Å². The summed E-state index contributed by atoms with van der Waals surface area (Å²) in [4.78, 5) is 23.7. The lowest BCUT2D eigenvalue weighted by Crippen LogP contribution is -2.54. The van der Waals surface area contributed by atoms with Crippen molar-refractivity contribution in [3.8, 4) is 0 Å². The summed E-state index contributed by atoms with van der Waals surface area (Å²) < 4.78 is 4.85. The van der Waals surface area contributed by atoms with E-state index in [0.717, 1.165) is 0 Å². The fourth-order valence-electron chi connectivity index (χ4n) is 1.46. The van der Waals surface area contributed by atoms with Gasteiger partial charge in [0.15, 0.2) is 0 Å². The van der Waals surface area contributed by atoms with Gasteiger partial charge in [0.05, 0.1) is 5.54 Å². The van der Waals surface area contributed by atoms with Crippen LogP contribution in [0.2, 0.25) is 0 Å². The Morgan fingerprint density at radius 1 is 1.62 bits per heavy atom. The van der Waals surface area contributed by atoms with Gasteiger partial charge in [-0.05, 0) is 13.8 Å². The summed E-state index contributed by atoms with van der Waals surface area (Å²) in [5, 5.41) is 0. The quantitative estimate of drug-likeness (QED) is 0.410. The molecule has 0 saturated carbocycles. The van der Waals surface area contributed by atoms with E-state index in [1.54, 1.807) is 0 Å². The highest BCUT2D eigenvalue weighted by molar-refractivity contribution is 5.94. The minimum absolute atomic E-state index is 0.115. The molecule has 0 atom stereocenters. The van der Waals surface area contributed by atoms with Crippen molar-refractivity contribution in [3.05, 3.63) is 12.3 Å². The molecule has 0 aromatic carbocycles. The van der Waals surface area contributed by atoms with Crippen LogP contribution in [-0.4, -0.2) is 28.9 Å². The summed E-state index contributed by atoms with van der Waals surface area (Å²) in [6.45, 7) is 8.80. The zero-order valence-electron chi connectivity index (χ0n) is 8.09. The van der Waals surface area contributed by atoms with Crippen LogP contribution in [0.5, 0.6) is 0 Å². The lowest BCUT2D eigenvalue weighted by Gasteiger charge is -2.41. The average molecular weight is 183 g/mol. The molecular weight excluding hydrogens is 170 g/mol. The first-order valence-electron chi connectivity index (χ1n) is 4.03. The second-order valence-electron chi connectivity index (χ2n) is 3.69.